The number of nitrogens with one attached hydrogen (secondary N) is 1. The van der Waals surface area contributed by atoms with Gasteiger partial charge in [0.2, 0.25) is 0 Å². The Labute approximate surface area is 115 Å². The van der Waals surface area contributed by atoms with Crippen molar-refractivity contribution >= 4 is 0 Å². The molecule has 0 aliphatic carbocycles. The molecule has 0 unspecified atom stereocenters. The minimum Gasteiger partial charge on any atom is -0.492 e. The van der Waals surface area contributed by atoms with Crippen LogP contribution in [0.25, 0.3) is 0 Å². The molecule has 0 atom stereocenters. The smallest absolute Gasteiger partial charge is 0.127 e. The van der Waals surface area contributed by atoms with Crippen LogP contribution in [0.15, 0.2) is 18.2 Å². The van der Waals surface area contributed by atoms with Crippen molar-refractivity contribution in [1.82, 2.24) is 10.2 Å². The van der Waals surface area contributed by atoms with Gasteiger partial charge in [-0.3, -0.25) is 0 Å². The van der Waals surface area contributed by atoms with E-state index < -0.39 is 0 Å². The van der Waals surface area contributed by atoms with E-state index in [-0.39, 0.29) is 5.82 Å². The monoisotopic (exact) mass is 268 g/mol. The maximum atomic E-state index is 13.5. The lowest BCUT2D eigenvalue weighted by Gasteiger charge is -2.12. The second-order valence-corrected chi connectivity index (χ2v) is 5.47. The first-order valence-electron chi connectivity index (χ1n) is 6.75. The molecule has 0 saturated carbocycles. The Kier molecular flexibility index (Phi) is 6.81. The van der Waals surface area contributed by atoms with Crippen molar-refractivity contribution < 1.29 is 9.13 Å². The quantitative estimate of drug-likeness (QED) is 0.784. The van der Waals surface area contributed by atoms with Gasteiger partial charge in [0.05, 0.1) is 0 Å². The lowest BCUT2D eigenvalue weighted by atomic mass is 10.2. The summed E-state index contributed by atoms with van der Waals surface area (Å²) in [7, 11) is 3.96. The summed E-state index contributed by atoms with van der Waals surface area (Å²) in [5.41, 5.74) is 0.917. The number of hydrogen-bond acceptors (Lipinski definition) is 3. The number of benzene rings is 1. The Morgan fingerprint density at radius 1 is 1.26 bits per heavy atom. The summed E-state index contributed by atoms with van der Waals surface area (Å²) in [4.78, 5) is 2.03. The zero-order valence-electron chi connectivity index (χ0n) is 12.4. The van der Waals surface area contributed by atoms with Crippen LogP contribution in [0.2, 0.25) is 0 Å². The molecule has 4 heteroatoms. The van der Waals surface area contributed by atoms with Crippen LogP contribution in [-0.2, 0) is 6.54 Å². The average Bonchev–Trinajstić information content (AvgIpc) is 2.27. The third-order valence-corrected chi connectivity index (χ3v) is 2.62. The molecule has 1 aromatic carbocycles. The van der Waals surface area contributed by atoms with Crippen LogP contribution in [0.5, 0.6) is 5.75 Å². The van der Waals surface area contributed by atoms with E-state index in [9.17, 15) is 4.39 Å². The highest BCUT2D eigenvalue weighted by Gasteiger charge is 2.03. The Bertz CT molecular complexity index is 348. The second-order valence-electron chi connectivity index (χ2n) is 5.47. The number of hydrogen-bond donors (Lipinski definition) is 1. The van der Waals surface area contributed by atoms with E-state index in [1.807, 2.05) is 25.1 Å². The third kappa shape index (κ3) is 7.13. The molecule has 0 saturated heterocycles. The lowest BCUT2D eigenvalue weighted by Crippen LogP contribution is -2.20. The number of rotatable bonds is 8. The van der Waals surface area contributed by atoms with Gasteiger partial charge in [-0.25, -0.2) is 4.39 Å². The SMILES string of the molecule is CC(C)CNCc1cc(F)cc(OCCN(C)C)c1. The molecular weight excluding hydrogens is 243 g/mol. The van der Waals surface area contributed by atoms with Crippen molar-refractivity contribution in [3.8, 4) is 5.75 Å². The Balaban J connectivity index is 2.51. The van der Waals surface area contributed by atoms with Crippen LogP contribution >= 0.6 is 0 Å². The zero-order valence-corrected chi connectivity index (χ0v) is 12.4. The predicted molar refractivity (Wildman–Crippen MR) is 77.0 cm³/mol. The van der Waals surface area contributed by atoms with E-state index >= 15 is 0 Å². The number of halogens is 1. The Morgan fingerprint density at radius 3 is 2.63 bits per heavy atom. The van der Waals surface area contributed by atoms with E-state index in [4.69, 9.17) is 4.74 Å². The van der Waals surface area contributed by atoms with E-state index in [0.29, 0.717) is 24.8 Å². The van der Waals surface area contributed by atoms with Crippen molar-refractivity contribution in [2.75, 3.05) is 33.8 Å². The third-order valence-electron chi connectivity index (χ3n) is 2.62. The predicted octanol–water partition coefficient (Wildman–Crippen LogP) is 2.51. The highest BCUT2D eigenvalue weighted by atomic mass is 19.1. The van der Waals surface area contributed by atoms with Crippen LogP contribution in [0.1, 0.15) is 19.4 Å². The first kappa shape index (κ1) is 15.9. The van der Waals surface area contributed by atoms with Crippen LogP contribution in [0.4, 0.5) is 4.39 Å². The molecule has 0 fully saturated rings. The molecule has 0 radical (unpaired) electrons. The van der Waals surface area contributed by atoms with Gasteiger partial charge in [0, 0.05) is 19.2 Å². The molecule has 108 valence electrons. The Hall–Kier alpha value is -1.13. The van der Waals surface area contributed by atoms with Crippen LogP contribution in [0.3, 0.4) is 0 Å². The summed E-state index contributed by atoms with van der Waals surface area (Å²) >= 11 is 0. The zero-order chi connectivity index (χ0) is 14.3. The molecule has 0 amide bonds. The Morgan fingerprint density at radius 2 is 2.00 bits per heavy atom. The van der Waals surface area contributed by atoms with Gasteiger partial charge in [-0.15, -0.1) is 0 Å². The van der Waals surface area contributed by atoms with Gasteiger partial charge < -0.3 is 15.0 Å². The summed E-state index contributed by atoms with van der Waals surface area (Å²) in [6.45, 7) is 7.27. The van der Waals surface area contributed by atoms with Crippen LogP contribution in [0, 0.1) is 11.7 Å². The summed E-state index contributed by atoms with van der Waals surface area (Å²) in [6.07, 6.45) is 0. The van der Waals surface area contributed by atoms with Crippen molar-refractivity contribution in [2.24, 2.45) is 5.92 Å². The minimum absolute atomic E-state index is 0.247. The van der Waals surface area contributed by atoms with E-state index in [0.717, 1.165) is 18.7 Å². The molecule has 3 nitrogen and oxygen atoms in total. The van der Waals surface area contributed by atoms with E-state index in [2.05, 4.69) is 19.2 Å². The standard InChI is InChI=1S/C15H25FN2O/c1-12(2)10-17-11-13-7-14(16)9-15(8-13)19-6-5-18(3)4/h7-9,12,17H,5-6,10-11H2,1-4H3. The maximum Gasteiger partial charge on any atom is 0.127 e. The molecule has 0 bridgehead atoms. The molecule has 1 aromatic rings. The summed E-state index contributed by atoms with van der Waals surface area (Å²) in [5, 5.41) is 3.30. The molecule has 0 aliphatic heterocycles. The van der Waals surface area contributed by atoms with Gasteiger partial charge in [0.25, 0.3) is 0 Å². The summed E-state index contributed by atoms with van der Waals surface area (Å²) in [5.74, 6) is 0.941. The topological polar surface area (TPSA) is 24.5 Å². The first-order chi connectivity index (χ1) is 8.97. The van der Waals surface area contributed by atoms with Gasteiger partial charge in [-0.2, -0.15) is 0 Å². The molecule has 0 aromatic heterocycles. The highest BCUT2D eigenvalue weighted by molar-refractivity contribution is 5.29. The fourth-order valence-corrected chi connectivity index (χ4v) is 1.66. The second kappa shape index (κ2) is 8.12. The maximum absolute atomic E-state index is 13.5. The molecule has 1 N–H and O–H groups in total. The number of ether oxygens (including phenoxy) is 1. The van der Waals surface area contributed by atoms with E-state index in [1.54, 1.807) is 6.07 Å². The van der Waals surface area contributed by atoms with Crippen LogP contribution in [-0.4, -0.2) is 38.7 Å². The molecule has 0 aliphatic rings. The number of nitrogens with zero attached hydrogens (tertiary/aromatic N) is 1. The van der Waals surface area contributed by atoms with Gasteiger partial charge in [-0.05, 0) is 44.3 Å². The number of likely N-dealkylation sites (N-methyl/N-ethyl adjacent to an activating group) is 1. The fourth-order valence-electron chi connectivity index (χ4n) is 1.66. The molecule has 0 spiro atoms. The summed E-state index contributed by atoms with van der Waals surface area (Å²) in [6, 6.07) is 4.87. The van der Waals surface area contributed by atoms with Gasteiger partial charge in [0.15, 0.2) is 0 Å². The first-order valence-corrected chi connectivity index (χ1v) is 6.75. The van der Waals surface area contributed by atoms with Crippen molar-refractivity contribution in [3.05, 3.63) is 29.6 Å². The fraction of sp³-hybridized carbons (Fsp3) is 0.600. The molecular formula is C15H25FN2O. The van der Waals surface area contributed by atoms with E-state index in [1.165, 1.54) is 6.07 Å². The average molecular weight is 268 g/mol. The van der Waals surface area contributed by atoms with Crippen LogP contribution < -0.4 is 10.1 Å². The molecule has 0 heterocycles. The van der Waals surface area contributed by atoms with Crippen molar-refractivity contribution in [1.29, 1.82) is 0 Å². The largest absolute Gasteiger partial charge is 0.492 e. The van der Waals surface area contributed by atoms with Gasteiger partial charge in [0.1, 0.15) is 18.2 Å². The van der Waals surface area contributed by atoms with Crippen molar-refractivity contribution in [3.63, 3.8) is 0 Å². The van der Waals surface area contributed by atoms with Gasteiger partial charge >= 0.3 is 0 Å². The van der Waals surface area contributed by atoms with Gasteiger partial charge in [-0.1, -0.05) is 13.8 Å². The lowest BCUT2D eigenvalue weighted by molar-refractivity contribution is 0.260. The normalized spacial score (nSPS) is 11.3. The van der Waals surface area contributed by atoms with Crippen molar-refractivity contribution in [2.45, 2.75) is 20.4 Å². The minimum atomic E-state index is -0.247. The molecule has 19 heavy (non-hydrogen) atoms. The highest BCUT2D eigenvalue weighted by Crippen LogP contribution is 2.16. The molecule has 1 rings (SSSR count). The summed E-state index contributed by atoms with van der Waals surface area (Å²) < 4.78 is 19.0.